The second-order valence-corrected chi connectivity index (χ2v) is 2.82. The van der Waals surface area contributed by atoms with Crippen LogP contribution in [-0.4, -0.2) is 31.1 Å². The van der Waals surface area contributed by atoms with E-state index in [9.17, 15) is 9.59 Å². The summed E-state index contributed by atoms with van der Waals surface area (Å²) in [7, 11) is 2.57. The Morgan fingerprint density at radius 3 is 2.69 bits per heavy atom. The monoisotopic (exact) mass is 221 g/mol. The molecule has 0 spiro atoms. The highest BCUT2D eigenvalue weighted by molar-refractivity contribution is 5.89. The van der Waals surface area contributed by atoms with Crippen LogP contribution in [0.15, 0.2) is 24.4 Å². The van der Waals surface area contributed by atoms with E-state index in [0.717, 1.165) is 0 Å². The molecule has 1 aromatic rings. The van der Waals surface area contributed by atoms with E-state index in [1.807, 2.05) is 0 Å². The molecule has 0 unspecified atom stereocenters. The molecule has 16 heavy (non-hydrogen) atoms. The zero-order valence-electron chi connectivity index (χ0n) is 8.97. The Bertz CT molecular complexity index is 426. The predicted molar refractivity (Wildman–Crippen MR) is 56.6 cm³/mol. The Kier molecular flexibility index (Phi) is 4.20. The van der Waals surface area contributed by atoms with E-state index in [4.69, 9.17) is 0 Å². The van der Waals surface area contributed by atoms with Gasteiger partial charge in [0.25, 0.3) is 0 Å². The molecule has 84 valence electrons. The summed E-state index contributed by atoms with van der Waals surface area (Å²) in [4.78, 5) is 25.8. The number of pyridine rings is 1. The van der Waals surface area contributed by atoms with Gasteiger partial charge in [0.2, 0.25) is 0 Å². The molecule has 0 fully saturated rings. The van der Waals surface area contributed by atoms with Crippen molar-refractivity contribution in [2.75, 3.05) is 14.2 Å². The smallest absolute Gasteiger partial charge is 0.356 e. The summed E-state index contributed by atoms with van der Waals surface area (Å²) in [5.41, 5.74) is 0.857. The molecule has 0 aromatic carbocycles. The third-order valence-corrected chi connectivity index (χ3v) is 1.79. The first kappa shape index (κ1) is 11.9. The third kappa shape index (κ3) is 3.20. The molecule has 1 rings (SSSR count). The lowest BCUT2D eigenvalue weighted by Crippen LogP contribution is -2.03. The normalized spacial score (nSPS) is 10.1. The lowest BCUT2D eigenvalue weighted by Gasteiger charge is -1.98. The minimum atomic E-state index is -0.520. The highest BCUT2D eigenvalue weighted by atomic mass is 16.5. The molecule has 0 atom stereocenters. The van der Waals surface area contributed by atoms with Crippen LogP contribution in [0, 0.1) is 0 Å². The van der Waals surface area contributed by atoms with E-state index >= 15 is 0 Å². The number of hydrogen-bond donors (Lipinski definition) is 0. The quantitative estimate of drug-likeness (QED) is 0.564. The molecule has 0 aliphatic heterocycles. The number of hydrogen-bond acceptors (Lipinski definition) is 5. The molecule has 5 nitrogen and oxygen atoms in total. The van der Waals surface area contributed by atoms with Crippen molar-refractivity contribution in [1.29, 1.82) is 0 Å². The van der Waals surface area contributed by atoms with Crippen LogP contribution in [0.1, 0.15) is 16.1 Å². The van der Waals surface area contributed by atoms with Crippen molar-refractivity contribution >= 4 is 18.0 Å². The first-order valence-corrected chi connectivity index (χ1v) is 4.47. The largest absolute Gasteiger partial charge is 0.466 e. The maximum absolute atomic E-state index is 11.2. The van der Waals surface area contributed by atoms with Crippen molar-refractivity contribution in [2.24, 2.45) is 0 Å². The lowest BCUT2D eigenvalue weighted by molar-refractivity contribution is -0.134. The molecule has 0 bridgehead atoms. The molecular weight excluding hydrogens is 210 g/mol. The van der Waals surface area contributed by atoms with Gasteiger partial charge in [-0.3, -0.25) is 0 Å². The zero-order chi connectivity index (χ0) is 12.0. The van der Waals surface area contributed by atoms with E-state index in [2.05, 4.69) is 14.5 Å². The van der Waals surface area contributed by atoms with E-state index in [1.54, 1.807) is 6.07 Å². The zero-order valence-corrected chi connectivity index (χ0v) is 8.97. The van der Waals surface area contributed by atoms with Gasteiger partial charge in [0, 0.05) is 12.3 Å². The second kappa shape index (κ2) is 5.65. The Hall–Kier alpha value is -2.17. The molecule has 0 saturated heterocycles. The SMILES string of the molecule is COC(=O)C=Cc1ccnc(C(=O)OC)c1. The van der Waals surface area contributed by atoms with Gasteiger partial charge in [-0.1, -0.05) is 0 Å². The summed E-state index contributed by atoms with van der Waals surface area (Å²) in [5.74, 6) is -0.982. The van der Waals surface area contributed by atoms with Crippen molar-refractivity contribution < 1.29 is 19.1 Å². The minimum absolute atomic E-state index is 0.189. The first-order valence-electron chi connectivity index (χ1n) is 4.47. The third-order valence-electron chi connectivity index (χ3n) is 1.79. The number of carbonyl (C=O) groups is 2. The van der Waals surface area contributed by atoms with Gasteiger partial charge in [-0.15, -0.1) is 0 Å². The van der Waals surface area contributed by atoms with Gasteiger partial charge in [0.15, 0.2) is 0 Å². The summed E-state index contributed by atoms with van der Waals surface area (Å²) in [6.45, 7) is 0. The number of methoxy groups -OCH3 is 2. The highest BCUT2D eigenvalue weighted by Crippen LogP contribution is 2.05. The molecule has 0 aliphatic rings. The van der Waals surface area contributed by atoms with Gasteiger partial charge in [-0.2, -0.15) is 0 Å². The first-order chi connectivity index (χ1) is 7.67. The molecule has 0 radical (unpaired) electrons. The number of esters is 2. The van der Waals surface area contributed by atoms with Crippen molar-refractivity contribution in [3.05, 3.63) is 35.7 Å². The summed E-state index contributed by atoms with van der Waals surface area (Å²) < 4.78 is 8.96. The average Bonchev–Trinajstić information content (AvgIpc) is 2.35. The van der Waals surface area contributed by atoms with Gasteiger partial charge >= 0.3 is 11.9 Å². The minimum Gasteiger partial charge on any atom is -0.466 e. The summed E-state index contributed by atoms with van der Waals surface area (Å²) >= 11 is 0. The van der Waals surface area contributed by atoms with E-state index in [1.165, 1.54) is 38.6 Å². The fourth-order valence-corrected chi connectivity index (χ4v) is 0.999. The Morgan fingerprint density at radius 2 is 2.06 bits per heavy atom. The molecular formula is C11H11NO4. The molecule has 0 aliphatic carbocycles. The van der Waals surface area contributed by atoms with Crippen LogP contribution in [0.3, 0.4) is 0 Å². The van der Waals surface area contributed by atoms with Crippen molar-refractivity contribution in [3.8, 4) is 0 Å². The second-order valence-electron chi connectivity index (χ2n) is 2.82. The summed E-state index contributed by atoms with van der Waals surface area (Å²) in [6.07, 6.45) is 4.25. The molecule has 1 aromatic heterocycles. The van der Waals surface area contributed by atoms with Gasteiger partial charge < -0.3 is 9.47 Å². The lowest BCUT2D eigenvalue weighted by atomic mass is 10.2. The number of rotatable bonds is 3. The van der Waals surface area contributed by atoms with Gasteiger partial charge in [-0.05, 0) is 23.8 Å². The van der Waals surface area contributed by atoms with Crippen LogP contribution in [0.4, 0.5) is 0 Å². The van der Waals surface area contributed by atoms with Crippen LogP contribution in [0.5, 0.6) is 0 Å². The van der Waals surface area contributed by atoms with Gasteiger partial charge in [-0.25, -0.2) is 14.6 Å². The van der Waals surface area contributed by atoms with Crippen LogP contribution in [-0.2, 0) is 14.3 Å². The number of carbonyl (C=O) groups excluding carboxylic acids is 2. The van der Waals surface area contributed by atoms with Crippen molar-refractivity contribution in [2.45, 2.75) is 0 Å². The molecule has 0 amide bonds. The predicted octanol–water partition coefficient (Wildman–Crippen LogP) is 1.05. The van der Waals surface area contributed by atoms with Crippen LogP contribution < -0.4 is 0 Å². The maximum Gasteiger partial charge on any atom is 0.356 e. The van der Waals surface area contributed by atoms with Crippen LogP contribution in [0.2, 0.25) is 0 Å². The van der Waals surface area contributed by atoms with Crippen molar-refractivity contribution in [3.63, 3.8) is 0 Å². The van der Waals surface area contributed by atoms with Crippen LogP contribution >= 0.6 is 0 Å². The standard InChI is InChI=1S/C11H11NO4/c1-15-10(13)4-3-8-5-6-12-9(7-8)11(14)16-2/h3-7H,1-2H3. The summed E-state index contributed by atoms with van der Waals surface area (Å²) in [5, 5.41) is 0. The van der Waals surface area contributed by atoms with Gasteiger partial charge in [0.1, 0.15) is 5.69 Å². The Balaban J connectivity index is 2.86. The molecule has 0 N–H and O–H groups in total. The average molecular weight is 221 g/mol. The van der Waals surface area contributed by atoms with E-state index in [0.29, 0.717) is 5.56 Å². The summed E-state index contributed by atoms with van der Waals surface area (Å²) in [6, 6.07) is 3.18. The Morgan fingerprint density at radius 1 is 1.31 bits per heavy atom. The topological polar surface area (TPSA) is 65.5 Å². The van der Waals surface area contributed by atoms with Crippen molar-refractivity contribution in [1.82, 2.24) is 4.98 Å². The van der Waals surface area contributed by atoms with Crippen LogP contribution in [0.25, 0.3) is 6.08 Å². The number of nitrogens with zero attached hydrogens (tertiary/aromatic N) is 1. The van der Waals surface area contributed by atoms with E-state index < -0.39 is 11.9 Å². The molecule has 1 heterocycles. The molecule has 5 heteroatoms. The highest BCUT2D eigenvalue weighted by Gasteiger charge is 2.06. The fraction of sp³-hybridized carbons (Fsp3) is 0.182. The Labute approximate surface area is 92.7 Å². The molecule has 0 saturated carbocycles. The van der Waals surface area contributed by atoms with Gasteiger partial charge in [0.05, 0.1) is 14.2 Å². The number of aromatic nitrogens is 1. The fourth-order valence-electron chi connectivity index (χ4n) is 0.999. The maximum atomic E-state index is 11.2. The van der Waals surface area contributed by atoms with E-state index in [-0.39, 0.29) is 5.69 Å². The number of ether oxygens (including phenoxy) is 2.